The molecule has 1 aliphatic heterocycles. The highest BCUT2D eigenvalue weighted by Crippen LogP contribution is 2.11. The molecule has 2 nitrogen and oxygen atoms in total. The van der Waals surface area contributed by atoms with Crippen molar-refractivity contribution in [1.82, 2.24) is 0 Å². The van der Waals surface area contributed by atoms with Gasteiger partial charge < -0.3 is 9.47 Å². The summed E-state index contributed by atoms with van der Waals surface area (Å²) in [4.78, 5) is 0. The Morgan fingerprint density at radius 2 is 2.20 bits per heavy atom. The fourth-order valence-corrected chi connectivity index (χ4v) is 1.32. The summed E-state index contributed by atoms with van der Waals surface area (Å²) in [5.74, 6) is 0.981. The van der Waals surface area contributed by atoms with Crippen molar-refractivity contribution < 1.29 is 9.47 Å². The van der Waals surface area contributed by atoms with Crippen molar-refractivity contribution in [2.45, 2.75) is 19.4 Å². The number of hydrogen-bond acceptors (Lipinski definition) is 2. The van der Waals surface area contributed by atoms with Gasteiger partial charge in [0.05, 0.1) is 12.4 Å². The van der Waals surface area contributed by atoms with Crippen LogP contribution in [-0.4, -0.2) is 19.3 Å². The largest absolute Gasteiger partial charge is 0.496 e. The van der Waals surface area contributed by atoms with Crippen LogP contribution in [0.5, 0.6) is 0 Å². The maximum Gasteiger partial charge on any atom is 0.116 e. The lowest BCUT2D eigenvalue weighted by Gasteiger charge is -2.03. The van der Waals surface area contributed by atoms with Gasteiger partial charge in [-0.25, -0.2) is 0 Å². The molecule has 15 heavy (non-hydrogen) atoms. The highest BCUT2D eigenvalue weighted by atomic mass is 16.6. The minimum Gasteiger partial charge on any atom is -0.496 e. The highest BCUT2D eigenvalue weighted by Gasteiger charge is 2.22. The first-order valence-corrected chi connectivity index (χ1v) is 5.29. The summed E-state index contributed by atoms with van der Waals surface area (Å²) in [6.45, 7) is 3.54. The Morgan fingerprint density at radius 1 is 1.47 bits per heavy atom. The molecule has 0 aliphatic carbocycles. The lowest BCUT2D eigenvalue weighted by Crippen LogP contribution is -1.99. The molecule has 0 spiro atoms. The number of rotatable bonds is 5. The van der Waals surface area contributed by atoms with Crippen LogP contribution in [0.4, 0.5) is 0 Å². The van der Waals surface area contributed by atoms with Crippen molar-refractivity contribution in [2.24, 2.45) is 0 Å². The van der Waals surface area contributed by atoms with E-state index in [4.69, 9.17) is 9.47 Å². The third-order valence-electron chi connectivity index (χ3n) is 2.37. The van der Waals surface area contributed by atoms with E-state index in [1.54, 1.807) is 0 Å². The van der Waals surface area contributed by atoms with Crippen LogP contribution in [-0.2, 0) is 15.9 Å². The smallest absolute Gasteiger partial charge is 0.116 e. The second kappa shape index (κ2) is 4.99. The van der Waals surface area contributed by atoms with Gasteiger partial charge in [-0.2, -0.15) is 0 Å². The third kappa shape index (κ3) is 3.76. The van der Waals surface area contributed by atoms with Crippen LogP contribution in [0.25, 0.3) is 0 Å². The summed E-state index contributed by atoms with van der Waals surface area (Å²) in [5, 5.41) is 0. The summed E-state index contributed by atoms with van der Waals surface area (Å²) < 4.78 is 10.6. The van der Waals surface area contributed by atoms with Crippen LogP contribution in [0.15, 0.2) is 42.2 Å². The number of ether oxygens (including phenoxy) is 2. The van der Waals surface area contributed by atoms with Gasteiger partial charge in [0, 0.05) is 0 Å². The van der Waals surface area contributed by atoms with Gasteiger partial charge in [0.1, 0.15) is 12.7 Å². The van der Waals surface area contributed by atoms with Crippen LogP contribution in [0.2, 0.25) is 0 Å². The van der Waals surface area contributed by atoms with Crippen LogP contribution in [0.1, 0.15) is 12.5 Å². The molecule has 1 heterocycles. The standard InChI is InChI=1S/C13H16O2/c1-11(14-9-13-10-15-13)7-8-12-5-3-2-4-6-12/h2-7,13H,8-10H2,1H3. The summed E-state index contributed by atoms with van der Waals surface area (Å²) in [6, 6.07) is 10.4. The highest BCUT2D eigenvalue weighted by molar-refractivity contribution is 5.17. The van der Waals surface area contributed by atoms with E-state index in [2.05, 4.69) is 30.3 Å². The number of benzene rings is 1. The first-order valence-electron chi connectivity index (χ1n) is 5.29. The molecule has 0 aromatic heterocycles. The van der Waals surface area contributed by atoms with E-state index in [0.717, 1.165) is 18.8 Å². The Kier molecular flexibility index (Phi) is 3.41. The van der Waals surface area contributed by atoms with Gasteiger partial charge in [-0.05, 0) is 25.0 Å². The second-order valence-corrected chi connectivity index (χ2v) is 3.77. The van der Waals surface area contributed by atoms with Crippen LogP contribution < -0.4 is 0 Å². The molecule has 1 aromatic carbocycles. The van der Waals surface area contributed by atoms with E-state index >= 15 is 0 Å². The number of epoxide rings is 1. The SMILES string of the molecule is CC(=CCc1ccccc1)OCC1CO1. The average molecular weight is 204 g/mol. The molecule has 0 N–H and O–H groups in total. The van der Waals surface area contributed by atoms with Crippen LogP contribution in [0, 0.1) is 0 Å². The van der Waals surface area contributed by atoms with Crippen molar-refractivity contribution in [3.63, 3.8) is 0 Å². The zero-order valence-corrected chi connectivity index (χ0v) is 8.98. The van der Waals surface area contributed by atoms with Gasteiger partial charge in [-0.1, -0.05) is 30.3 Å². The monoisotopic (exact) mass is 204 g/mol. The van der Waals surface area contributed by atoms with Crippen molar-refractivity contribution in [3.05, 3.63) is 47.7 Å². The van der Waals surface area contributed by atoms with Gasteiger partial charge >= 0.3 is 0 Å². The molecule has 0 saturated carbocycles. The van der Waals surface area contributed by atoms with Gasteiger partial charge in [-0.15, -0.1) is 0 Å². The predicted octanol–water partition coefficient (Wildman–Crippen LogP) is 2.55. The molecule has 1 atom stereocenters. The lowest BCUT2D eigenvalue weighted by molar-refractivity contribution is 0.184. The van der Waals surface area contributed by atoms with Crippen molar-refractivity contribution in [3.8, 4) is 0 Å². The average Bonchev–Trinajstić information content (AvgIpc) is 3.09. The topological polar surface area (TPSA) is 21.8 Å². The number of allylic oxidation sites excluding steroid dienone is 2. The second-order valence-electron chi connectivity index (χ2n) is 3.77. The van der Waals surface area contributed by atoms with E-state index in [-0.39, 0.29) is 0 Å². The zero-order chi connectivity index (χ0) is 10.5. The molecule has 1 unspecified atom stereocenters. The van der Waals surface area contributed by atoms with Crippen molar-refractivity contribution >= 4 is 0 Å². The third-order valence-corrected chi connectivity index (χ3v) is 2.37. The molecule has 1 saturated heterocycles. The Bertz CT molecular complexity index is 326. The lowest BCUT2D eigenvalue weighted by atomic mass is 10.1. The first-order chi connectivity index (χ1) is 7.34. The maximum atomic E-state index is 5.52. The molecule has 1 aromatic rings. The fraction of sp³-hybridized carbons (Fsp3) is 0.385. The van der Waals surface area contributed by atoms with Gasteiger partial charge in [-0.3, -0.25) is 0 Å². The minimum atomic E-state index is 0.338. The molecule has 2 heteroatoms. The molecule has 1 aliphatic rings. The molecular formula is C13H16O2. The molecule has 1 fully saturated rings. The quantitative estimate of drug-likeness (QED) is 0.543. The van der Waals surface area contributed by atoms with E-state index in [1.165, 1.54) is 5.56 Å². The summed E-state index contributed by atoms with van der Waals surface area (Å²) >= 11 is 0. The van der Waals surface area contributed by atoms with Crippen LogP contribution >= 0.6 is 0 Å². The normalized spacial score (nSPS) is 20.1. The van der Waals surface area contributed by atoms with E-state index < -0.39 is 0 Å². The van der Waals surface area contributed by atoms with Gasteiger partial charge in [0.25, 0.3) is 0 Å². The Balaban J connectivity index is 1.76. The fourth-order valence-electron chi connectivity index (χ4n) is 1.32. The van der Waals surface area contributed by atoms with Crippen LogP contribution in [0.3, 0.4) is 0 Å². The summed E-state index contributed by atoms with van der Waals surface area (Å²) in [6.07, 6.45) is 3.38. The van der Waals surface area contributed by atoms with Crippen molar-refractivity contribution in [1.29, 1.82) is 0 Å². The zero-order valence-electron chi connectivity index (χ0n) is 8.98. The minimum absolute atomic E-state index is 0.338. The van der Waals surface area contributed by atoms with E-state index in [1.807, 2.05) is 13.0 Å². The Labute approximate surface area is 90.5 Å². The molecule has 0 radical (unpaired) electrons. The summed E-state index contributed by atoms with van der Waals surface area (Å²) in [5.41, 5.74) is 1.31. The van der Waals surface area contributed by atoms with Gasteiger partial charge in [0.2, 0.25) is 0 Å². The maximum absolute atomic E-state index is 5.52. The molecule has 0 bridgehead atoms. The summed E-state index contributed by atoms with van der Waals surface area (Å²) in [7, 11) is 0. The molecular weight excluding hydrogens is 188 g/mol. The first kappa shape index (κ1) is 10.2. The molecule has 2 rings (SSSR count). The Hall–Kier alpha value is -1.28. The Morgan fingerprint density at radius 3 is 2.87 bits per heavy atom. The molecule has 0 amide bonds. The molecule has 80 valence electrons. The van der Waals surface area contributed by atoms with E-state index in [0.29, 0.717) is 12.7 Å². The predicted molar refractivity (Wildman–Crippen MR) is 59.6 cm³/mol. The van der Waals surface area contributed by atoms with E-state index in [9.17, 15) is 0 Å². The van der Waals surface area contributed by atoms with Crippen molar-refractivity contribution in [2.75, 3.05) is 13.2 Å². The number of hydrogen-bond donors (Lipinski definition) is 0. The van der Waals surface area contributed by atoms with Gasteiger partial charge in [0.15, 0.2) is 0 Å².